The van der Waals surface area contributed by atoms with Crippen molar-refractivity contribution in [2.45, 2.75) is 37.0 Å². The highest BCUT2D eigenvalue weighted by molar-refractivity contribution is 7.89. The van der Waals surface area contributed by atoms with E-state index in [0.717, 1.165) is 24.8 Å². The minimum atomic E-state index is -3.61. The molecule has 1 heterocycles. The first kappa shape index (κ1) is 20.8. The van der Waals surface area contributed by atoms with Crippen molar-refractivity contribution in [1.29, 1.82) is 0 Å². The minimum absolute atomic E-state index is 0.111. The van der Waals surface area contributed by atoms with Crippen molar-refractivity contribution in [2.24, 2.45) is 0 Å². The molecule has 0 saturated carbocycles. The second-order valence-electron chi connectivity index (χ2n) is 7.13. The van der Waals surface area contributed by atoms with E-state index in [1.165, 1.54) is 22.5 Å². The zero-order chi connectivity index (χ0) is 20.1. The first-order valence-electron chi connectivity index (χ1n) is 9.52. The van der Waals surface area contributed by atoms with Crippen LogP contribution in [0.4, 0.5) is 0 Å². The topological polar surface area (TPSA) is 66.5 Å². The number of rotatable bonds is 6. The van der Waals surface area contributed by atoms with Crippen LogP contribution < -0.4 is 5.32 Å². The maximum absolute atomic E-state index is 12.9. The second-order valence-corrected chi connectivity index (χ2v) is 9.47. The Kier molecular flexibility index (Phi) is 6.75. The molecule has 1 N–H and O–H groups in total. The van der Waals surface area contributed by atoms with Crippen LogP contribution in [0.2, 0.25) is 5.02 Å². The van der Waals surface area contributed by atoms with E-state index in [1.807, 2.05) is 37.3 Å². The standard InChI is InChI=1S/C21H25ClN2O3S/c1-16(17-8-4-2-5-9-17)15-23-21(25)19-14-18(10-11-20(19)22)28(26,27)24-12-6-3-7-13-24/h2,4-5,8-11,14,16H,3,6-7,12-13,15H2,1H3,(H,23,25)/t16-/m1/s1. The van der Waals surface area contributed by atoms with Crippen LogP contribution >= 0.6 is 11.6 Å². The number of sulfonamides is 1. The van der Waals surface area contributed by atoms with Crippen LogP contribution in [0.1, 0.15) is 48.0 Å². The second kappa shape index (κ2) is 9.07. The molecule has 1 amide bonds. The Morgan fingerprint density at radius 3 is 2.46 bits per heavy atom. The summed E-state index contributed by atoms with van der Waals surface area (Å²) in [6.07, 6.45) is 2.76. The summed E-state index contributed by atoms with van der Waals surface area (Å²) in [6, 6.07) is 14.2. The molecule has 0 bridgehead atoms. The predicted octanol–water partition coefficient (Wildman–Crippen LogP) is 4.05. The summed E-state index contributed by atoms with van der Waals surface area (Å²) in [7, 11) is -3.61. The summed E-state index contributed by atoms with van der Waals surface area (Å²) in [5, 5.41) is 3.10. The lowest BCUT2D eigenvalue weighted by atomic mass is 10.0. The van der Waals surface area contributed by atoms with Gasteiger partial charge < -0.3 is 5.32 Å². The molecule has 0 radical (unpaired) electrons. The molecule has 1 aliphatic rings. The first-order chi connectivity index (χ1) is 13.4. The molecular weight excluding hydrogens is 396 g/mol. The Morgan fingerprint density at radius 1 is 1.11 bits per heavy atom. The van der Waals surface area contributed by atoms with Crippen molar-refractivity contribution >= 4 is 27.5 Å². The molecule has 7 heteroatoms. The Bertz CT molecular complexity index is 926. The van der Waals surface area contributed by atoms with Crippen LogP contribution in [0.5, 0.6) is 0 Å². The van der Waals surface area contributed by atoms with Gasteiger partial charge in [-0.3, -0.25) is 4.79 Å². The van der Waals surface area contributed by atoms with Crippen molar-refractivity contribution < 1.29 is 13.2 Å². The maximum atomic E-state index is 12.9. The Labute approximate surface area is 171 Å². The molecule has 2 aromatic rings. The molecule has 1 atom stereocenters. The lowest BCUT2D eigenvalue weighted by molar-refractivity contribution is 0.0951. The highest BCUT2D eigenvalue weighted by Crippen LogP contribution is 2.25. The number of hydrogen-bond donors (Lipinski definition) is 1. The van der Waals surface area contributed by atoms with Crippen LogP contribution in [-0.4, -0.2) is 38.3 Å². The van der Waals surface area contributed by atoms with Gasteiger partial charge in [0.05, 0.1) is 15.5 Å². The van der Waals surface area contributed by atoms with Gasteiger partial charge in [0.25, 0.3) is 5.91 Å². The van der Waals surface area contributed by atoms with Gasteiger partial charge in [0, 0.05) is 19.6 Å². The molecule has 1 saturated heterocycles. The number of hydrogen-bond acceptors (Lipinski definition) is 3. The summed E-state index contributed by atoms with van der Waals surface area (Å²) in [5.41, 5.74) is 1.30. The maximum Gasteiger partial charge on any atom is 0.252 e. The average Bonchev–Trinajstić information content (AvgIpc) is 2.73. The lowest BCUT2D eigenvalue weighted by Gasteiger charge is -2.26. The number of amides is 1. The highest BCUT2D eigenvalue weighted by atomic mass is 35.5. The van der Waals surface area contributed by atoms with E-state index < -0.39 is 10.0 Å². The largest absolute Gasteiger partial charge is 0.351 e. The van der Waals surface area contributed by atoms with E-state index in [-0.39, 0.29) is 27.3 Å². The van der Waals surface area contributed by atoms with E-state index in [1.54, 1.807) is 0 Å². The number of piperidine rings is 1. The molecule has 3 rings (SSSR count). The molecular formula is C21H25ClN2O3S. The number of benzene rings is 2. The molecule has 150 valence electrons. The summed E-state index contributed by atoms with van der Waals surface area (Å²) >= 11 is 6.19. The first-order valence-corrected chi connectivity index (χ1v) is 11.3. The fraction of sp³-hybridized carbons (Fsp3) is 0.381. The van der Waals surface area contributed by atoms with Gasteiger partial charge in [-0.15, -0.1) is 0 Å². The lowest BCUT2D eigenvalue weighted by Crippen LogP contribution is -2.35. The molecule has 1 aliphatic heterocycles. The number of nitrogens with one attached hydrogen (secondary N) is 1. The minimum Gasteiger partial charge on any atom is -0.351 e. The fourth-order valence-electron chi connectivity index (χ4n) is 3.33. The van der Waals surface area contributed by atoms with Crippen LogP contribution in [0.25, 0.3) is 0 Å². The third-order valence-electron chi connectivity index (χ3n) is 5.07. The summed E-state index contributed by atoms with van der Waals surface area (Å²) in [5.74, 6) is -0.243. The van der Waals surface area contributed by atoms with E-state index >= 15 is 0 Å². The van der Waals surface area contributed by atoms with Crippen LogP contribution in [0, 0.1) is 0 Å². The van der Waals surface area contributed by atoms with Gasteiger partial charge in [0.2, 0.25) is 10.0 Å². The van der Waals surface area contributed by atoms with Crippen LogP contribution in [0.3, 0.4) is 0 Å². The summed E-state index contributed by atoms with van der Waals surface area (Å²) in [4.78, 5) is 12.8. The number of carbonyl (C=O) groups is 1. The third-order valence-corrected chi connectivity index (χ3v) is 7.30. The van der Waals surface area contributed by atoms with Crippen molar-refractivity contribution in [3.05, 3.63) is 64.7 Å². The Balaban J connectivity index is 1.74. The Hall–Kier alpha value is -1.89. The van der Waals surface area contributed by atoms with Crippen molar-refractivity contribution in [1.82, 2.24) is 9.62 Å². The van der Waals surface area contributed by atoms with Gasteiger partial charge in [-0.25, -0.2) is 8.42 Å². The molecule has 2 aromatic carbocycles. The SMILES string of the molecule is C[C@H](CNC(=O)c1cc(S(=O)(=O)N2CCCCC2)ccc1Cl)c1ccccc1. The van der Waals surface area contributed by atoms with E-state index in [4.69, 9.17) is 11.6 Å². The smallest absolute Gasteiger partial charge is 0.252 e. The van der Waals surface area contributed by atoms with E-state index in [9.17, 15) is 13.2 Å². The van der Waals surface area contributed by atoms with E-state index in [0.29, 0.717) is 19.6 Å². The zero-order valence-corrected chi connectivity index (χ0v) is 17.5. The van der Waals surface area contributed by atoms with Gasteiger partial charge in [0.15, 0.2) is 0 Å². The van der Waals surface area contributed by atoms with Gasteiger partial charge in [-0.2, -0.15) is 4.31 Å². The van der Waals surface area contributed by atoms with Crippen molar-refractivity contribution in [3.8, 4) is 0 Å². The summed E-state index contributed by atoms with van der Waals surface area (Å²) < 4.78 is 27.2. The normalized spacial score (nSPS) is 16.5. The number of halogens is 1. The molecule has 0 unspecified atom stereocenters. The average molecular weight is 421 g/mol. The molecule has 1 fully saturated rings. The van der Waals surface area contributed by atoms with Crippen LogP contribution in [0.15, 0.2) is 53.4 Å². The quantitative estimate of drug-likeness (QED) is 0.766. The molecule has 5 nitrogen and oxygen atoms in total. The predicted molar refractivity (Wildman–Crippen MR) is 111 cm³/mol. The molecule has 0 spiro atoms. The van der Waals surface area contributed by atoms with Crippen molar-refractivity contribution in [2.75, 3.05) is 19.6 Å². The van der Waals surface area contributed by atoms with Gasteiger partial charge >= 0.3 is 0 Å². The van der Waals surface area contributed by atoms with Gasteiger partial charge in [-0.1, -0.05) is 55.3 Å². The fourth-order valence-corrected chi connectivity index (χ4v) is 5.08. The Morgan fingerprint density at radius 2 is 1.79 bits per heavy atom. The monoisotopic (exact) mass is 420 g/mol. The van der Waals surface area contributed by atoms with E-state index in [2.05, 4.69) is 5.32 Å². The molecule has 0 aliphatic carbocycles. The van der Waals surface area contributed by atoms with Crippen molar-refractivity contribution in [3.63, 3.8) is 0 Å². The number of carbonyl (C=O) groups excluding carboxylic acids is 1. The van der Waals surface area contributed by atoms with Crippen LogP contribution in [-0.2, 0) is 10.0 Å². The third kappa shape index (κ3) is 4.74. The zero-order valence-electron chi connectivity index (χ0n) is 15.9. The van der Waals surface area contributed by atoms with Gasteiger partial charge in [-0.05, 0) is 42.5 Å². The number of nitrogens with zero attached hydrogens (tertiary/aromatic N) is 1. The summed E-state index contributed by atoms with van der Waals surface area (Å²) in [6.45, 7) is 3.49. The molecule has 28 heavy (non-hydrogen) atoms. The highest BCUT2D eigenvalue weighted by Gasteiger charge is 2.27. The molecule has 0 aromatic heterocycles. The van der Waals surface area contributed by atoms with Gasteiger partial charge in [0.1, 0.15) is 0 Å².